The van der Waals surface area contributed by atoms with Crippen LogP contribution < -0.4 is 0 Å². The van der Waals surface area contributed by atoms with Gasteiger partial charge in [-0.3, -0.25) is 0 Å². The van der Waals surface area contributed by atoms with E-state index in [9.17, 15) is 13.5 Å². The topological polar surface area (TPSA) is 70.1 Å². The van der Waals surface area contributed by atoms with E-state index in [4.69, 9.17) is 4.74 Å². The van der Waals surface area contributed by atoms with Crippen LogP contribution in [-0.2, 0) is 14.8 Å². The molecule has 1 spiro atoms. The quantitative estimate of drug-likeness (QED) is 0.793. The Balaban J connectivity index is 1.52. The summed E-state index contributed by atoms with van der Waals surface area (Å²) >= 11 is 0. The van der Waals surface area contributed by atoms with Crippen LogP contribution in [0.25, 0.3) is 0 Å². The zero-order valence-corrected chi connectivity index (χ0v) is 14.2. The van der Waals surface area contributed by atoms with Gasteiger partial charge in [-0.05, 0) is 38.5 Å². The minimum atomic E-state index is -3.05. The van der Waals surface area contributed by atoms with E-state index in [2.05, 4.69) is 4.90 Å². The molecule has 0 aromatic carbocycles. The summed E-state index contributed by atoms with van der Waals surface area (Å²) in [5.41, 5.74) is -0.317. The molecule has 3 aliphatic rings. The summed E-state index contributed by atoms with van der Waals surface area (Å²) in [6, 6.07) is 0.469. The molecule has 3 rings (SSSR count). The molecule has 0 amide bonds. The van der Waals surface area contributed by atoms with Gasteiger partial charge >= 0.3 is 0 Å². The third-order valence-electron chi connectivity index (χ3n) is 5.67. The Hall–Kier alpha value is -0.210. The van der Waals surface area contributed by atoms with Crippen molar-refractivity contribution in [1.82, 2.24) is 9.21 Å². The average Bonchev–Trinajstić information content (AvgIpc) is 2.51. The Morgan fingerprint density at radius 1 is 1.09 bits per heavy atom. The third kappa shape index (κ3) is 3.33. The largest absolute Gasteiger partial charge is 0.390 e. The maximum Gasteiger partial charge on any atom is 0.211 e. The van der Waals surface area contributed by atoms with Crippen LogP contribution in [0.1, 0.15) is 38.5 Å². The van der Waals surface area contributed by atoms with E-state index >= 15 is 0 Å². The molecule has 1 N–H and O–H groups in total. The molecule has 0 aromatic rings. The van der Waals surface area contributed by atoms with Gasteiger partial charge in [-0.1, -0.05) is 0 Å². The van der Waals surface area contributed by atoms with Gasteiger partial charge in [0.05, 0.1) is 18.0 Å². The van der Waals surface area contributed by atoms with Crippen LogP contribution in [0.15, 0.2) is 0 Å². The van der Waals surface area contributed by atoms with Crippen molar-refractivity contribution in [3.05, 3.63) is 0 Å². The van der Waals surface area contributed by atoms with Crippen LogP contribution in [0, 0.1) is 0 Å². The zero-order valence-electron chi connectivity index (χ0n) is 13.4. The highest BCUT2D eigenvalue weighted by atomic mass is 32.2. The third-order valence-corrected chi connectivity index (χ3v) is 6.98. The minimum absolute atomic E-state index is 0.317. The fourth-order valence-electron chi connectivity index (χ4n) is 4.20. The van der Waals surface area contributed by atoms with Gasteiger partial charge in [-0.15, -0.1) is 0 Å². The summed E-state index contributed by atoms with van der Waals surface area (Å²) in [6.07, 6.45) is 6.37. The number of rotatable bonds is 2. The summed E-state index contributed by atoms with van der Waals surface area (Å²) in [6.45, 7) is 3.92. The normalized spacial score (nSPS) is 32.4. The summed E-state index contributed by atoms with van der Waals surface area (Å²) < 4.78 is 30.7. The van der Waals surface area contributed by atoms with Crippen molar-refractivity contribution in [2.75, 3.05) is 39.0 Å². The molecule has 0 aromatic heterocycles. The SMILES string of the molecule is CS(=O)(=O)N1CCC(N2CCC3(CC2)OCCC[C@H]3O)CC1. The van der Waals surface area contributed by atoms with Crippen LogP contribution in [0.3, 0.4) is 0 Å². The molecule has 6 nitrogen and oxygen atoms in total. The molecule has 3 fully saturated rings. The van der Waals surface area contributed by atoms with Crippen molar-refractivity contribution in [2.24, 2.45) is 0 Å². The molecule has 0 bridgehead atoms. The number of nitrogens with zero attached hydrogens (tertiary/aromatic N) is 2. The van der Waals surface area contributed by atoms with Crippen molar-refractivity contribution in [3.8, 4) is 0 Å². The molecule has 128 valence electrons. The molecule has 1 atom stereocenters. The second kappa shape index (κ2) is 6.36. The summed E-state index contributed by atoms with van der Waals surface area (Å²) in [5.74, 6) is 0. The molecule has 0 unspecified atom stereocenters. The van der Waals surface area contributed by atoms with E-state index in [-0.39, 0.29) is 11.7 Å². The van der Waals surface area contributed by atoms with Gasteiger partial charge in [0, 0.05) is 38.8 Å². The zero-order chi connectivity index (χ0) is 15.8. The molecule has 7 heteroatoms. The number of likely N-dealkylation sites (tertiary alicyclic amines) is 1. The number of aliphatic hydroxyl groups is 1. The first-order valence-electron chi connectivity index (χ1n) is 8.42. The van der Waals surface area contributed by atoms with Crippen LogP contribution in [-0.4, -0.2) is 79.5 Å². The Bertz CT molecular complexity index is 480. The standard InChI is InChI=1S/C15H28N2O4S/c1-22(19,20)17-8-4-13(5-9-17)16-10-6-15(7-11-16)14(18)3-2-12-21-15/h13-14,18H,2-12H2,1H3/t14-/m1/s1. The molecular weight excluding hydrogens is 304 g/mol. The smallest absolute Gasteiger partial charge is 0.211 e. The second-order valence-electron chi connectivity index (χ2n) is 7.00. The number of piperidine rings is 2. The molecule has 0 radical (unpaired) electrons. The second-order valence-corrected chi connectivity index (χ2v) is 8.98. The predicted molar refractivity (Wildman–Crippen MR) is 84.2 cm³/mol. The van der Waals surface area contributed by atoms with E-state index in [1.165, 1.54) is 6.26 Å². The number of hydrogen-bond acceptors (Lipinski definition) is 5. The highest BCUT2D eigenvalue weighted by Crippen LogP contribution is 2.36. The first-order valence-corrected chi connectivity index (χ1v) is 10.3. The van der Waals surface area contributed by atoms with E-state index in [1.54, 1.807) is 4.31 Å². The summed E-state index contributed by atoms with van der Waals surface area (Å²) in [7, 11) is -3.05. The van der Waals surface area contributed by atoms with Gasteiger partial charge in [-0.2, -0.15) is 0 Å². The highest BCUT2D eigenvalue weighted by molar-refractivity contribution is 7.88. The lowest BCUT2D eigenvalue weighted by molar-refractivity contribution is -0.179. The van der Waals surface area contributed by atoms with Crippen LogP contribution >= 0.6 is 0 Å². The molecular formula is C15H28N2O4S. The van der Waals surface area contributed by atoms with Crippen molar-refractivity contribution < 1.29 is 18.3 Å². The van der Waals surface area contributed by atoms with Crippen LogP contribution in [0.2, 0.25) is 0 Å². The lowest BCUT2D eigenvalue weighted by atomic mass is 9.81. The first kappa shape index (κ1) is 16.6. The fraction of sp³-hybridized carbons (Fsp3) is 1.00. The van der Waals surface area contributed by atoms with Gasteiger partial charge in [-0.25, -0.2) is 12.7 Å². The molecule has 0 aliphatic carbocycles. The van der Waals surface area contributed by atoms with E-state index in [0.717, 1.165) is 58.2 Å². The predicted octanol–water partition coefficient (Wildman–Crippen LogP) is 0.416. The van der Waals surface area contributed by atoms with Gasteiger partial charge in [0.2, 0.25) is 10.0 Å². The highest BCUT2D eigenvalue weighted by Gasteiger charge is 2.44. The van der Waals surface area contributed by atoms with Gasteiger partial charge in [0.25, 0.3) is 0 Å². The number of aliphatic hydroxyl groups excluding tert-OH is 1. The summed E-state index contributed by atoms with van der Waals surface area (Å²) in [4.78, 5) is 2.47. The molecule has 3 heterocycles. The van der Waals surface area contributed by atoms with Crippen molar-refractivity contribution >= 4 is 10.0 Å². The van der Waals surface area contributed by atoms with Gasteiger partial charge < -0.3 is 14.7 Å². The van der Waals surface area contributed by atoms with E-state index < -0.39 is 10.0 Å². The maximum absolute atomic E-state index is 11.6. The molecule has 3 saturated heterocycles. The van der Waals surface area contributed by atoms with Crippen molar-refractivity contribution in [2.45, 2.75) is 56.3 Å². The molecule has 0 saturated carbocycles. The number of ether oxygens (including phenoxy) is 1. The minimum Gasteiger partial charge on any atom is -0.390 e. The maximum atomic E-state index is 11.6. The van der Waals surface area contributed by atoms with E-state index in [0.29, 0.717) is 19.1 Å². The first-order chi connectivity index (χ1) is 10.4. The fourth-order valence-corrected chi connectivity index (χ4v) is 5.07. The number of sulfonamides is 1. The monoisotopic (exact) mass is 332 g/mol. The Kier molecular flexibility index (Phi) is 4.81. The molecule has 22 heavy (non-hydrogen) atoms. The van der Waals surface area contributed by atoms with Crippen molar-refractivity contribution in [3.63, 3.8) is 0 Å². The Labute approximate surface area is 133 Å². The average molecular weight is 332 g/mol. The number of hydrogen-bond donors (Lipinski definition) is 1. The van der Waals surface area contributed by atoms with Gasteiger partial charge in [0.15, 0.2) is 0 Å². The van der Waals surface area contributed by atoms with Gasteiger partial charge in [0.1, 0.15) is 0 Å². The lowest BCUT2D eigenvalue weighted by Gasteiger charge is -2.49. The van der Waals surface area contributed by atoms with E-state index in [1.807, 2.05) is 0 Å². The Morgan fingerprint density at radius 3 is 2.27 bits per heavy atom. The Morgan fingerprint density at radius 2 is 1.73 bits per heavy atom. The van der Waals surface area contributed by atoms with Crippen LogP contribution in [0.4, 0.5) is 0 Å². The molecule has 3 aliphatic heterocycles. The lowest BCUT2D eigenvalue weighted by Crippen LogP contribution is -2.57. The van der Waals surface area contributed by atoms with Crippen LogP contribution in [0.5, 0.6) is 0 Å². The van der Waals surface area contributed by atoms with Crippen molar-refractivity contribution in [1.29, 1.82) is 0 Å². The summed E-state index contributed by atoms with van der Waals surface area (Å²) in [5, 5.41) is 10.3.